The van der Waals surface area contributed by atoms with Crippen LogP contribution in [0.4, 0.5) is 5.69 Å². The molecule has 1 N–H and O–H groups in total. The first kappa shape index (κ1) is 15.0. The van der Waals surface area contributed by atoms with Gasteiger partial charge in [0.05, 0.1) is 10.7 Å². The molecule has 2 atom stereocenters. The van der Waals surface area contributed by atoms with E-state index in [1.807, 2.05) is 12.1 Å². The molecule has 3 heteroatoms. The van der Waals surface area contributed by atoms with Gasteiger partial charge in [0, 0.05) is 11.1 Å². The van der Waals surface area contributed by atoms with Gasteiger partial charge in [-0.25, -0.2) is 0 Å². The van der Waals surface area contributed by atoms with E-state index in [-0.39, 0.29) is 0 Å². The summed E-state index contributed by atoms with van der Waals surface area (Å²) in [7, 11) is 0. The smallest absolute Gasteiger partial charge is 0.0652 e. The topological polar surface area (TPSA) is 12.0 Å². The van der Waals surface area contributed by atoms with E-state index in [1.54, 1.807) is 6.07 Å². The summed E-state index contributed by atoms with van der Waals surface area (Å²) >= 11 is 12.2. The van der Waals surface area contributed by atoms with Crippen molar-refractivity contribution in [1.82, 2.24) is 0 Å². The highest BCUT2D eigenvalue weighted by Gasteiger charge is 2.34. The molecule has 106 valence electrons. The quantitative estimate of drug-likeness (QED) is 0.705. The number of benzene rings is 1. The molecular weight excluding hydrogens is 277 g/mol. The molecule has 0 heterocycles. The van der Waals surface area contributed by atoms with E-state index in [9.17, 15) is 0 Å². The van der Waals surface area contributed by atoms with Gasteiger partial charge in [0.2, 0.25) is 0 Å². The number of hydrogen-bond acceptors (Lipinski definition) is 1. The van der Waals surface area contributed by atoms with Crippen LogP contribution in [0.2, 0.25) is 10.0 Å². The van der Waals surface area contributed by atoms with Crippen LogP contribution in [-0.4, -0.2) is 6.04 Å². The second-order valence-corrected chi connectivity index (χ2v) is 7.48. The largest absolute Gasteiger partial charge is 0.381 e. The minimum absolute atomic E-state index is 0.330. The minimum Gasteiger partial charge on any atom is -0.381 e. The van der Waals surface area contributed by atoms with Crippen LogP contribution in [0, 0.1) is 11.3 Å². The summed E-state index contributed by atoms with van der Waals surface area (Å²) in [5.74, 6) is 0.688. The number of rotatable bonds is 2. The maximum atomic E-state index is 6.26. The van der Waals surface area contributed by atoms with Crippen LogP contribution in [0.25, 0.3) is 0 Å². The lowest BCUT2D eigenvalue weighted by Crippen LogP contribution is -2.39. The lowest BCUT2D eigenvalue weighted by molar-refractivity contribution is 0.163. The van der Waals surface area contributed by atoms with E-state index in [2.05, 4.69) is 26.1 Å². The van der Waals surface area contributed by atoms with E-state index in [0.717, 1.165) is 5.69 Å². The molecule has 1 fully saturated rings. The molecule has 1 aromatic carbocycles. The van der Waals surface area contributed by atoms with Crippen molar-refractivity contribution in [3.8, 4) is 0 Å². The van der Waals surface area contributed by atoms with E-state index < -0.39 is 0 Å². The van der Waals surface area contributed by atoms with Crippen molar-refractivity contribution in [2.45, 2.75) is 52.5 Å². The molecule has 1 saturated carbocycles. The van der Waals surface area contributed by atoms with Gasteiger partial charge in [0.25, 0.3) is 0 Å². The van der Waals surface area contributed by atoms with Crippen LogP contribution in [0.3, 0.4) is 0 Å². The summed E-state index contributed by atoms with van der Waals surface area (Å²) in [6.07, 6.45) is 5.16. The molecular formula is C16H23Cl2N. The van der Waals surface area contributed by atoms with Crippen LogP contribution < -0.4 is 5.32 Å². The molecule has 0 bridgehead atoms. The normalized spacial score (nSPS) is 24.3. The zero-order valence-electron chi connectivity index (χ0n) is 12.0. The van der Waals surface area contributed by atoms with Gasteiger partial charge in [-0.3, -0.25) is 0 Å². The molecule has 2 rings (SSSR count). The van der Waals surface area contributed by atoms with E-state index in [1.165, 1.54) is 25.7 Å². The fraction of sp³-hybridized carbons (Fsp3) is 0.625. The SMILES string of the molecule is CC(C)(C)C1CCCCC1Nc1ccc(Cl)cc1Cl. The lowest BCUT2D eigenvalue weighted by Gasteiger charge is -2.41. The standard InChI is InChI=1S/C16H23Cl2N/c1-16(2,3)12-6-4-5-7-14(12)19-15-9-8-11(17)10-13(15)18/h8-10,12,14,19H,4-7H2,1-3H3. The van der Waals surface area contributed by atoms with Gasteiger partial charge in [0.15, 0.2) is 0 Å². The Balaban J connectivity index is 2.15. The van der Waals surface area contributed by atoms with Crippen LogP contribution in [-0.2, 0) is 0 Å². The highest BCUT2D eigenvalue weighted by Crippen LogP contribution is 2.40. The van der Waals surface area contributed by atoms with Crippen molar-refractivity contribution < 1.29 is 0 Å². The molecule has 19 heavy (non-hydrogen) atoms. The third-order valence-corrected chi connectivity index (χ3v) is 4.70. The summed E-state index contributed by atoms with van der Waals surface area (Å²) in [4.78, 5) is 0. The Bertz CT molecular complexity index is 437. The molecule has 1 nitrogen and oxygen atoms in total. The predicted octanol–water partition coefficient (Wildman–Crippen LogP) is 6.01. The van der Waals surface area contributed by atoms with Crippen molar-refractivity contribution in [3.63, 3.8) is 0 Å². The van der Waals surface area contributed by atoms with E-state index in [4.69, 9.17) is 23.2 Å². The first-order chi connectivity index (χ1) is 8.88. The molecule has 1 aliphatic carbocycles. The monoisotopic (exact) mass is 299 g/mol. The Kier molecular flexibility index (Phi) is 4.68. The second-order valence-electron chi connectivity index (χ2n) is 6.63. The number of anilines is 1. The Morgan fingerprint density at radius 3 is 2.42 bits per heavy atom. The van der Waals surface area contributed by atoms with Crippen LogP contribution in [0.15, 0.2) is 18.2 Å². The fourth-order valence-corrected chi connectivity index (χ4v) is 3.61. The highest BCUT2D eigenvalue weighted by molar-refractivity contribution is 6.36. The Labute approximate surface area is 126 Å². The van der Waals surface area contributed by atoms with Crippen molar-refractivity contribution in [2.75, 3.05) is 5.32 Å². The fourth-order valence-electron chi connectivity index (χ4n) is 3.15. The molecule has 0 aliphatic heterocycles. The number of halogens is 2. The molecule has 1 aliphatic rings. The maximum Gasteiger partial charge on any atom is 0.0652 e. The van der Waals surface area contributed by atoms with Gasteiger partial charge in [-0.15, -0.1) is 0 Å². The van der Waals surface area contributed by atoms with Crippen molar-refractivity contribution in [1.29, 1.82) is 0 Å². The van der Waals surface area contributed by atoms with E-state index in [0.29, 0.717) is 27.4 Å². The third kappa shape index (κ3) is 3.79. The summed E-state index contributed by atoms with van der Waals surface area (Å²) in [6, 6.07) is 6.19. The molecule has 1 aromatic rings. The van der Waals surface area contributed by atoms with Crippen LogP contribution >= 0.6 is 23.2 Å². The zero-order chi connectivity index (χ0) is 14.0. The van der Waals surface area contributed by atoms with Crippen molar-refractivity contribution in [2.24, 2.45) is 11.3 Å². The van der Waals surface area contributed by atoms with Gasteiger partial charge < -0.3 is 5.32 Å². The van der Waals surface area contributed by atoms with Crippen molar-refractivity contribution >= 4 is 28.9 Å². The Morgan fingerprint density at radius 2 is 1.79 bits per heavy atom. The highest BCUT2D eigenvalue weighted by atomic mass is 35.5. The first-order valence-corrected chi connectivity index (χ1v) is 7.85. The van der Waals surface area contributed by atoms with Gasteiger partial charge in [0.1, 0.15) is 0 Å². The molecule has 0 saturated heterocycles. The molecule has 0 radical (unpaired) electrons. The first-order valence-electron chi connectivity index (χ1n) is 7.09. The zero-order valence-corrected chi connectivity index (χ0v) is 13.5. The van der Waals surface area contributed by atoms with Gasteiger partial charge in [-0.2, -0.15) is 0 Å². The summed E-state index contributed by atoms with van der Waals surface area (Å²) in [6.45, 7) is 7.00. The van der Waals surface area contributed by atoms with E-state index >= 15 is 0 Å². The number of hydrogen-bond donors (Lipinski definition) is 1. The second kappa shape index (κ2) is 5.93. The third-order valence-electron chi connectivity index (χ3n) is 4.15. The average molecular weight is 300 g/mol. The maximum absolute atomic E-state index is 6.26. The number of nitrogens with one attached hydrogen (secondary N) is 1. The average Bonchev–Trinajstić information content (AvgIpc) is 2.32. The van der Waals surface area contributed by atoms with Gasteiger partial charge in [-0.1, -0.05) is 56.8 Å². The summed E-state index contributed by atoms with van der Waals surface area (Å²) in [5.41, 5.74) is 1.34. The van der Waals surface area contributed by atoms with Crippen LogP contribution in [0.1, 0.15) is 46.5 Å². The summed E-state index contributed by atoms with van der Waals surface area (Å²) in [5, 5.41) is 5.04. The van der Waals surface area contributed by atoms with Gasteiger partial charge in [-0.05, 0) is 42.4 Å². The predicted molar refractivity (Wildman–Crippen MR) is 85.3 cm³/mol. The molecule has 0 spiro atoms. The molecule has 2 unspecified atom stereocenters. The Hall–Kier alpha value is -0.400. The minimum atomic E-state index is 0.330. The van der Waals surface area contributed by atoms with Gasteiger partial charge >= 0.3 is 0 Å². The molecule has 0 amide bonds. The lowest BCUT2D eigenvalue weighted by atomic mass is 9.69. The summed E-state index contributed by atoms with van der Waals surface area (Å²) < 4.78 is 0. The van der Waals surface area contributed by atoms with Crippen LogP contribution in [0.5, 0.6) is 0 Å². The van der Waals surface area contributed by atoms with Crippen molar-refractivity contribution in [3.05, 3.63) is 28.2 Å². The Morgan fingerprint density at radius 1 is 1.11 bits per heavy atom. The molecule has 0 aromatic heterocycles.